The zero-order valence-corrected chi connectivity index (χ0v) is 21.8. The number of thioether (sulfide) groups is 1. The minimum absolute atomic E-state index is 0.0431. The van der Waals surface area contributed by atoms with Crippen LogP contribution in [0.25, 0.3) is 10.9 Å². The summed E-state index contributed by atoms with van der Waals surface area (Å²) in [4.78, 5) is 6.68. The summed E-state index contributed by atoms with van der Waals surface area (Å²) in [7, 11) is 1.59. The Morgan fingerprint density at radius 2 is 1.92 bits per heavy atom. The van der Waals surface area contributed by atoms with E-state index in [1.165, 1.54) is 30.0 Å². The number of aliphatic hydroxyl groups excluding tert-OH is 2. The summed E-state index contributed by atoms with van der Waals surface area (Å²) in [5.41, 5.74) is 1.07. The quantitative estimate of drug-likeness (QED) is 0.317. The summed E-state index contributed by atoms with van der Waals surface area (Å²) in [6.07, 6.45) is 3.43. The first-order chi connectivity index (χ1) is 17.4. The second-order valence-corrected chi connectivity index (χ2v) is 10.9. The Labute approximate surface area is 219 Å². The van der Waals surface area contributed by atoms with Crippen LogP contribution in [0.1, 0.15) is 37.4 Å². The Kier molecular flexibility index (Phi) is 9.06. The van der Waals surface area contributed by atoms with Gasteiger partial charge in [-0.25, -0.2) is 8.78 Å². The molecule has 0 saturated carbocycles. The van der Waals surface area contributed by atoms with Gasteiger partial charge in [0.15, 0.2) is 0 Å². The van der Waals surface area contributed by atoms with E-state index in [1.54, 1.807) is 13.3 Å². The first kappa shape index (κ1) is 27.1. The third kappa shape index (κ3) is 6.11. The van der Waals surface area contributed by atoms with Crippen LogP contribution in [0.4, 0.5) is 8.78 Å². The predicted molar refractivity (Wildman–Crippen MR) is 140 cm³/mol. The number of hydrogen-bond acceptors (Lipinski definition) is 6. The van der Waals surface area contributed by atoms with E-state index in [1.807, 2.05) is 18.2 Å². The second kappa shape index (κ2) is 12.0. The summed E-state index contributed by atoms with van der Waals surface area (Å²) in [5.74, 6) is 0.184. The molecule has 2 N–H and O–H groups in total. The Morgan fingerprint density at radius 1 is 1.19 bits per heavy atom. The lowest BCUT2D eigenvalue weighted by Gasteiger charge is -2.41. The zero-order valence-electron chi connectivity index (χ0n) is 20.2. The van der Waals surface area contributed by atoms with Crippen LogP contribution in [0.3, 0.4) is 0 Å². The number of piperidine rings is 1. The van der Waals surface area contributed by atoms with Gasteiger partial charge in [0.1, 0.15) is 17.4 Å². The number of likely N-dealkylation sites (tertiary alicyclic amines) is 1. The fourth-order valence-electron chi connectivity index (χ4n) is 4.86. The van der Waals surface area contributed by atoms with Crippen molar-refractivity contribution < 1.29 is 23.7 Å². The smallest absolute Gasteiger partial charge is 0.139 e. The molecule has 1 fully saturated rings. The summed E-state index contributed by atoms with van der Waals surface area (Å²) < 4.78 is 33.0. The number of rotatable bonds is 10. The molecule has 0 spiro atoms. The van der Waals surface area contributed by atoms with Crippen LogP contribution in [0, 0.1) is 17.0 Å². The maximum atomic E-state index is 13.8. The molecular formula is C27H31ClF2N2O3S. The highest BCUT2D eigenvalue weighted by Gasteiger charge is 2.34. The number of methoxy groups -OCH3 is 1. The van der Waals surface area contributed by atoms with Crippen LogP contribution in [0.5, 0.6) is 5.75 Å². The van der Waals surface area contributed by atoms with Gasteiger partial charge in [-0.2, -0.15) is 0 Å². The Bertz CT molecular complexity index is 1170. The first-order valence-corrected chi connectivity index (χ1v) is 13.4. The number of aromatic nitrogens is 1. The molecule has 1 aliphatic heterocycles. The highest BCUT2D eigenvalue weighted by atomic mass is 35.5. The number of benzene rings is 2. The van der Waals surface area contributed by atoms with Crippen molar-refractivity contribution in [3.8, 4) is 5.75 Å². The van der Waals surface area contributed by atoms with Gasteiger partial charge in [0.2, 0.25) is 0 Å². The first-order valence-electron chi connectivity index (χ1n) is 12.1. The van der Waals surface area contributed by atoms with Crippen molar-refractivity contribution in [3.63, 3.8) is 0 Å². The molecule has 0 amide bonds. The second-order valence-electron chi connectivity index (χ2n) is 9.36. The molecule has 2 heterocycles. The molecular weight excluding hydrogens is 506 g/mol. The summed E-state index contributed by atoms with van der Waals surface area (Å²) >= 11 is 7.64. The van der Waals surface area contributed by atoms with Gasteiger partial charge in [-0.15, -0.1) is 11.8 Å². The van der Waals surface area contributed by atoms with Crippen molar-refractivity contribution in [2.75, 3.05) is 39.1 Å². The van der Waals surface area contributed by atoms with Gasteiger partial charge >= 0.3 is 0 Å². The van der Waals surface area contributed by atoms with E-state index >= 15 is 0 Å². The van der Waals surface area contributed by atoms with Gasteiger partial charge in [-0.05, 0) is 74.5 Å². The van der Waals surface area contributed by atoms with E-state index in [2.05, 4.69) is 9.88 Å². The van der Waals surface area contributed by atoms with E-state index in [0.717, 1.165) is 36.8 Å². The number of aliphatic hydroxyl groups is 2. The molecule has 3 aromatic rings. The number of ether oxygens (including phenoxy) is 1. The fourth-order valence-corrected chi connectivity index (χ4v) is 6.10. The highest BCUT2D eigenvalue weighted by Crippen LogP contribution is 2.40. The molecule has 2 aromatic carbocycles. The zero-order chi connectivity index (χ0) is 25.7. The molecule has 1 aromatic heterocycles. The molecule has 0 aliphatic carbocycles. The molecule has 1 unspecified atom stereocenters. The standard InChI is InChI=1S/C27H31ClF2N2O3S/c1-35-18-5-6-23-19(15-18)25(20(28)16-31-23)24(34)7-8-27(17-33)9-11-32(12-10-27)13-14-36-26-21(29)3-2-4-22(26)30/h2-6,15-16,24,33-34H,7-14,17H2,1H3. The normalized spacial score (nSPS) is 16.8. The Hall–Kier alpha value is -1.97. The molecule has 4 rings (SSSR count). The number of halogens is 3. The lowest BCUT2D eigenvalue weighted by atomic mass is 9.74. The number of nitrogens with zero attached hydrogens (tertiary/aromatic N) is 2. The molecule has 36 heavy (non-hydrogen) atoms. The summed E-state index contributed by atoms with van der Waals surface area (Å²) in [5, 5.41) is 22.5. The summed E-state index contributed by atoms with van der Waals surface area (Å²) in [6, 6.07) is 9.40. The number of hydrogen-bond donors (Lipinski definition) is 2. The van der Waals surface area contributed by atoms with E-state index in [4.69, 9.17) is 16.3 Å². The minimum Gasteiger partial charge on any atom is -0.497 e. The topological polar surface area (TPSA) is 65.8 Å². The molecule has 9 heteroatoms. The van der Waals surface area contributed by atoms with Crippen LogP contribution in [0.2, 0.25) is 5.02 Å². The molecule has 194 valence electrons. The van der Waals surface area contributed by atoms with Crippen molar-refractivity contribution >= 4 is 34.3 Å². The van der Waals surface area contributed by atoms with Gasteiger partial charge in [0, 0.05) is 36.1 Å². The lowest BCUT2D eigenvalue weighted by molar-refractivity contribution is 0.0254. The number of fused-ring (bicyclic) bond motifs is 1. The maximum Gasteiger partial charge on any atom is 0.139 e. The van der Waals surface area contributed by atoms with Gasteiger partial charge < -0.3 is 19.8 Å². The third-order valence-corrected chi connectivity index (χ3v) is 8.54. The van der Waals surface area contributed by atoms with Crippen molar-refractivity contribution in [1.82, 2.24) is 9.88 Å². The van der Waals surface area contributed by atoms with E-state index < -0.39 is 17.7 Å². The highest BCUT2D eigenvalue weighted by molar-refractivity contribution is 7.99. The largest absolute Gasteiger partial charge is 0.497 e. The van der Waals surface area contributed by atoms with E-state index in [-0.39, 0.29) is 16.9 Å². The van der Waals surface area contributed by atoms with Crippen LogP contribution in [0.15, 0.2) is 47.5 Å². The van der Waals surface area contributed by atoms with Gasteiger partial charge in [-0.3, -0.25) is 4.98 Å². The minimum atomic E-state index is -0.802. The van der Waals surface area contributed by atoms with Gasteiger partial charge in [-0.1, -0.05) is 17.7 Å². The Balaban J connectivity index is 1.34. The van der Waals surface area contributed by atoms with Crippen molar-refractivity contribution in [3.05, 3.63) is 64.8 Å². The monoisotopic (exact) mass is 536 g/mol. The average Bonchev–Trinajstić information content (AvgIpc) is 2.89. The van der Waals surface area contributed by atoms with Crippen molar-refractivity contribution in [2.45, 2.75) is 36.7 Å². The third-order valence-electron chi connectivity index (χ3n) is 7.17. The Morgan fingerprint density at radius 3 is 2.58 bits per heavy atom. The molecule has 1 atom stereocenters. The molecule has 1 aliphatic rings. The molecule has 0 radical (unpaired) electrons. The number of pyridine rings is 1. The SMILES string of the molecule is COc1ccc2ncc(Cl)c(C(O)CCC3(CO)CCN(CCSc4c(F)cccc4F)CC3)c2c1. The van der Waals surface area contributed by atoms with E-state index in [0.29, 0.717) is 41.5 Å². The molecule has 0 bridgehead atoms. The van der Waals surface area contributed by atoms with Gasteiger partial charge in [0.05, 0.1) is 28.6 Å². The van der Waals surface area contributed by atoms with Crippen molar-refractivity contribution in [1.29, 1.82) is 0 Å². The molecule has 1 saturated heterocycles. The van der Waals surface area contributed by atoms with Crippen LogP contribution in [-0.2, 0) is 0 Å². The lowest BCUT2D eigenvalue weighted by Crippen LogP contribution is -2.43. The van der Waals surface area contributed by atoms with Gasteiger partial charge in [0.25, 0.3) is 0 Å². The van der Waals surface area contributed by atoms with Crippen molar-refractivity contribution in [2.24, 2.45) is 5.41 Å². The van der Waals surface area contributed by atoms with E-state index in [9.17, 15) is 19.0 Å². The van der Waals surface area contributed by atoms with Crippen LogP contribution in [-0.4, -0.2) is 59.2 Å². The fraction of sp³-hybridized carbons (Fsp3) is 0.444. The predicted octanol–water partition coefficient (Wildman–Crippen LogP) is 5.86. The summed E-state index contributed by atoms with van der Waals surface area (Å²) in [6.45, 7) is 2.32. The molecule has 5 nitrogen and oxygen atoms in total. The maximum absolute atomic E-state index is 13.8. The van der Waals surface area contributed by atoms with Crippen LogP contribution >= 0.6 is 23.4 Å². The average molecular weight is 537 g/mol. The van der Waals surface area contributed by atoms with Crippen LogP contribution < -0.4 is 4.74 Å².